The Morgan fingerprint density at radius 3 is 2.60 bits per heavy atom. The Morgan fingerprint density at radius 1 is 1.12 bits per heavy atom. The van der Waals surface area contributed by atoms with Crippen LogP contribution in [0.1, 0.15) is 41.4 Å². The van der Waals surface area contributed by atoms with E-state index in [-0.39, 0.29) is 11.8 Å². The van der Waals surface area contributed by atoms with Crippen LogP contribution in [0.5, 0.6) is 0 Å². The number of rotatable bonds is 7. The summed E-state index contributed by atoms with van der Waals surface area (Å²) in [5.74, 6) is 0.369. The minimum Gasteiger partial charge on any atom is -0.451 e. The van der Waals surface area contributed by atoms with Crippen molar-refractivity contribution in [1.29, 1.82) is 0 Å². The summed E-state index contributed by atoms with van der Waals surface area (Å²) in [7, 11) is 0. The average Bonchev–Trinajstić information content (AvgIpc) is 3.03. The molecule has 0 saturated heterocycles. The van der Waals surface area contributed by atoms with Crippen molar-refractivity contribution in [2.45, 2.75) is 26.4 Å². The van der Waals surface area contributed by atoms with Crippen molar-refractivity contribution in [3.8, 4) is 0 Å². The minimum absolute atomic E-state index is 0.200. The summed E-state index contributed by atoms with van der Waals surface area (Å²) in [6.07, 6.45) is 0. The van der Waals surface area contributed by atoms with Gasteiger partial charge in [0, 0.05) is 24.1 Å². The molecule has 0 aliphatic heterocycles. The van der Waals surface area contributed by atoms with E-state index in [1.807, 2.05) is 49.4 Å². The second-order valence-electron chi connectivity index (χ2n) is 6.06. The monoisotopic (exact) mass is 337 g/mol. The molecule has 0 fully saturated rings. The fraction of sp³-hybridized carbons (Fsp3) is 0.286. The van der Waals surface area contributed by atoms with E-state index < -0.39 is 0 Å². The fourth-order valence-corrected chi connectivity index (χ4v) is 2.86. The predicted octanol–water partition coefficient (Wildman–Crippen LogP) is 4.50. The van der Waals surface area contributed by atoms with Gasteiger partial charge in [0.1, 0.15) is 5.58 Å². The first kappa shape index (κ1) is 17.2. The third-order valence-corrected chi connectivity index (χ3v) is 4.29. The number of hydrogen-bond donors (Lipinski definition) is 1. The molecule has 4 nitrogen and oxygen atoms in total. The van der Waals surface area contributed by atoms with Gasteiger partial charge in [0.2, 0.25) is 0 Å². The summed E-state index contributed by atoms with van der Waals surface area (Å²) >= 11 is 0. The zero-order chi connectivity index (χ0) is 17.6. The van der Waals surface area contributed by atoms with E-state index in [4.69, 9.17) is 9.15 Å². The first-order valence-electron chi connectivity index (χ1n) is 8.62. The summed E-state index contributed by atoms with van der Waals surface area (Å²) in [4.78, 5) is 12.7. The number of hydrogen-bond acceptors (Lipinski definition) is 3. The maximum atomic E-state index is 12.7. The van der Waals surface area contributed by atoms with Crippen LogP contribution in [0, 0.1) is 0 Å². The van der Waals surface area contributed by atoms with Gasteiger partial charge in [0.25, 0.3) is 5.91 Å². The van der Waals surface area contributed by atoms with Gasteiger partial charge in [-0.1, -0.05) is 55.5 Å². The third kappa shape index (κ3) is 3.91. The highest BCUT2D eigenvalue weighted by Gasteiger charge is 2.20. The molecule has 0 saturated carbocycles. The summed E-state index contributed by atoms with van der Waals surface area (Å²) in [6.45, 7) is 5.53. The molecule has 130 valence electrons. The Balaban J connectivity index is 1.77. The molecule has 0 bridgehead atoms. The number of amides is 1. The number of ether oxygens (including phenoxy) is 1. The summed E-state index contributed by atoms with van der Waals surface area (Å²) in [5, 5.41) is 3.91. The lowest BCUT2D eigenvalue weighted by Gasteiger charge is -2.12. The van der Waals surface area contributed by atoms with Crippen molar-refractivity contribution in [3.05, 3.63) is 71.5 Å². The first-order valence-corrected chi connectivity index (χ1v) is 8.62. The molecule has 0 radical (unpaired) electrons. The minimum atomic E-state index is -0.200. The number of furan rings is 1. The van der Waals surface area contributed by atoms with Gasteiger partial charge in [0.15, 0.2) is 5.76 Å². The van der Waals surface area contributed by atoms with Crippen LogP contribution in [0.4, 0.5) is 0 Å². The summed E-state index contributed by atoms with van der Waals surface area (Å²) in [5.41, 5.74) is 2.71. The van der Waals surface area contributed by atoms with Gasteiger partial charge in [-0.05, 0) is 24.5 Å². The Labute approximate surface area is 147 Å². The molecule has 3 rings (SSSR count). The lowest BCUT2D eigenvalue weighted by molar-refractivity contribution is 0.0913. The number of carbonyl (C=O) groups is 1. The molecule has 3 aromatic rings. The molecule has 0 aliphatic rings. The van der Waals surface area contributed by atoms with E-state index in [9.17, 15) is 4.79 Å². The highest BCUT2D eigenvalue weighted by Crippen LogP contribution is 2.26. The highest BCUT2D eigenvalue weighted by molar-refractivity contribution is 5.99. The van der Waals surface area contributed by atoms with E-state index in [0.717, 1.165) is 10.9 Å². The first-order chi connectivity index (χ1) is 12.2. The van der Waals surface area contributed by atoms with E-state index in [2.05, 4.69) is 24.4 Å². The molecule has 1 amide bonds. The molecule has 0 spiro atoms. The topological polar surface area (TPSA) is 51.5 Å². The zero-order valence-corrected chi connectivity index (χ0v) is 14.6. The van der Waals surface area contributed by atoms with Crippen molar-refractivity contribution < 1.29 is 13.9 Å². The van der Waals surface area contributed by atoms with Crippen LogP contribution in [0.3, 0.4) is 0 Å². The third-order valence-electron chi connectivity index (χ3n) is 4.29. The maximum absolute atomic E-state index is 12.7. The number of nitrogens with one attached hydrogen (secondary N) is 1. The second kappa shape index (κ2) is 7.99. The van der Waals surface area contributed by atoms with Gasteiger partial charge < -0.3 is 14.5 Å². The average molecular weight is 337 g/mol. The number of para-hydroxylation sites is 1. The van der Waals surface area contributed by atoms with Crippen LogP contribution in [-0.4, -0.2) is 19.1 Å². The molecule has 0 aliphatic carbocycles. The molecule has 1 aromatic heterocycles. The quantitative estimate of drug-likeness (QED) is 0.690. The molecule has 0 unspecified atom stereocenters. The van der Waals surface area contributed by atoms with Gasteiger partial charge >= 0.3 is 0 Å². The van der Waals surface area contributed by atoms with Crippen molar-refractivity contribution >= 4 is 16.9 Å². The van der Waals surface area contributed by atoms with E-state index >= 15 is 0 Å². The fourth-order valence-electron chi connectivity index (χ4n) is 2.86. The SMILES string of the molecule is CCOCc1c(C(=O)NC[C@H](C)c2ccccc2)oc2ccccc12. The van der Waals surface area contributed by atoms with Crippen molar-refractivity contribution in [2.24, 2.45) is 0 Å². The Hall–Kier alpha value is -2.59. The van der Waals surface area contributed by atoms with Gasteiger partial charge in [-0.2, -0.15) is 0 Å². The smallest absolute Gasteiger partial charge is 0.287 e. The molecule has 4 heteroatoms. The predicted molar refractivity (Wildman–Crippen MR) is 98.7 cm³/mol. The normalized spacial score (nSPS) is 12.2. The van der Waals surface area contributed by atoms with E-state index in [1.54, 1.807) is 0 Å². The lowest BCUT2D eigenvalue weighted by atomic mass is 10.0. The van der Waals surface area contributed by atoms with Gasteiger partial charge in [0.05, 0.1) is 6.61 Å². The van der Waals surface area contributed by atoms with Crippen molar-refractivity contribution in [2.75, 3.05) is 13.2 Å². The van der Waals surface area contributed by atoms with Crippen LogP contribution in [0.2, 0.25) is 0 Å². The molecular weight excluding hydrogens is 314 g/mol. The van der Waals surface area contributed by atoms with Crippen molar-refractivity contribution in [1.82, 2.24) is 5.32 Å². The number of fused-ring (bicyclic) bond motifs is 1. The summed E-state index contributed by atoms with van der Waals surface area (Å²) in [6, 6.07) is 17.8. The second-order valence-corrected chi connectivity index (χ2v) is 6.06. The molecule has 1 N–H and O–H groups in total. The van der Waals surface area contributed by atoms with Crippen LogP contribution in [-0.2, 0) is 11.3 Å². The Morgan fingerprint density at radius 2 is 1.84 bits per heavy atom. The van der Waals surface area contributed by atoms with E-state index in [0.29, 0.717) is 31.1 Å². The molecular formula is C21H23NO3. The number of carbonyl (C=O) groups excluding carboxylic acids is 1. The molecule has 2 aromatic carbocycles. The summed E-state index contributed by atoms with van der Waals surface area (Å²) < 4.78 is 11.3. The van der Waals surface area contributed by atoms with Crippen LogP contribution >= 0.6 is 0 Å². The van der Waals surface area contributed by atoms with Gasteiger partial charge in [-0.3, -0.25) is 4.79 Å². The van der Waals surface area contributed by atoms with Crippen molar-refractivity contribution in [3.63, 3.8) is 0 Å². The van der Waals surface area contributed by atoms with Gasteiger partial charge in [-0.25, -0.2) is 0 Å². The standard InChI is InChI=1S/C21H23NO3/c1-3-24-14-18-17-11-7-8-12-19(17)25-20(18)21(23)22-13-15(2)16-9-5-4-6-10-16/h4-12,15H,3,13-14H2,1-2H3,(H,22,23)/t15-/m0/s1. The molecule has 1 heterocycles. The zero-order valence-electron chi connectivity index (χ0n) is 14.6. The number of benzene rings is 2. The molecule has 1 atom stereocenters. The molecule has 25 heavy (non-hydrogen) atoms. The Bertz CT molecular complexity index is 839. The highest BCUT2D eigenvalue weighted by atomic mass is 16.5. The van der Waals surface area contributed by atoms with Crippen LogP contribution in [0.15, 0.2) is 59.0 Å². The van der Waals surface area contributed by atoms with E-state index in [1.165, 1.54) is 5.56 Å². The largest absolute Gasteiger partial charge is 0.451 e. The van der Waals surface area contributed by atoms with Gasteiger partial charge in [-0.15, -0.1) is 0 Å². The van der Waals surface area contributed by atoms with Crippen LogP contribution in [0.25, 0.3) is 11.0 Å². The maximum Gasteiger partial charge on any atom is 0.287 e. The Kier molecular flexibility index (Phi) is 5.51. The van der Waals surface area contributed by atoms with Crippen LogP contribution < -0.4 is 5.32 Å². The lowest BCUT2D eigenvalue weighted by Crippen LogP contribution is -2.28.